The molecular formula is C19H24ClN7OS. The van der Waals surface area contributed by atoms with Gasteiger partial charge in [0, 0.05) is 48.6 Å². The summed E-state index contributed by atoms with van der Waals surface area (Å²) in [6.45, 7) is 6.80. The van der Waals surface area contributed by atoms with E-state index in [-0.39, 0.29) is 17.2 Å². The Morgan fingerprint density at radius 1 is 1.17 bits per heavy atom. The molecule has 10 heteroatoms. The van der Waals surface area contributed by atoms with Crippen molar-refractivity contribution in [2.75, 3.05) is 18.4 Å². The largest absolute Gasteiger partial charge is 0.383 e. The van der Waals surface area contributed by atoms with E-state index in [1.54, 1.807) is 43.8 Å². The highest BCUT2D eigenvalue weighted by Gasteiger charge is 2.22. The minimum Gasteiger partial charge on any atom is -0.383 e. The quantitative estimate of drug-likeness (QED) is 0.501. The fraction of sp³-hybridized carbons (Fsp3) is 0.421. The fourth-order valence-corrected chi connectivity index (χ4v) is 3.66. The van der Waals surface area contributed by atoms with Gasteiger partial charge < -0.3 is 4.74 Å². The van der Waals surface area contributed by atoms with Gasteiger partial charge in [0.15, 0.2) is 5.82 Å². The Morgan fingerprint density at radius 2 is 1.93 bits per heavy atom. The Kier molecular flexibility index (Phi) is 7.40. The Hall–Kier alpha value is -2.23. The van der Waals surface area contributed by atoms with Crippen LogP contribution in [-0.2, 0) is 4.74 Å². The lowest BCUT2D eigenvalue weighted by atomic mass is 10.1. The number of hydrogen-bond donors (Lipinski definition) is 1. The van der Waals surface area contributed by atoms with E-state index in [0.29, 0.717) is 17.6 Å². The maximum atomic E-state index is 5.89. The Bertz CT molecular complexity index is 907. The highest BCUT2D eigenvalue weighted by Crippen LogP contribution is 2.30. The van der Waals surface area contributed by atoms with Gasteiger partial charge >= 0.3 is 0 Å². The van der Waals surface area contributed by atoms with Crippen molar-refractivity contribution in [1.29, 1.82) is 0 Å². The van der Waals surface area contributed by atoms with Crippen LogP contribution in [0.15, 0.2) is 36.9 Å². The number of hydrogen-bond acceptors (Lipinski definition) is 8. The molecule has 8 nitrogen and oxygen atoms in total. The van der Waals surface area contributed by atoms with Gasteiger partial charge in [-0.1, -0.05) is 25.4 Å². The summed E-state index contributed by atoms with van der Waals surface area (Å²) in [7, 11) is 1.68. The Morgan fingerprint density at radius 3 is 2.59 bits per heavy atom. The average molecular weight is 434 g/mol. The van der Waals surface area contributed by atoms with Crippen LogP contribution in [-0.4, -0.2) is 48.7 Å². The summed E-state index contributed by atoms with van der Waals surface area (Å²) >= 11 is 7.44. The fourth-order valence-electron chi connectivity index (χ4n) is 2.80. The molecule has 0 saturated carbocycles. The lowest BCUT2D eigenvalue weighted by molar-refractivity contribution is 0.163. The summed E-state index contributed by atoms with van der Waals surface area (Å²) in [5.74, 6) is 2.28. The lowest BCUT2D eigenvalue weighted by Crippen LogP contribution is -2.17. The Labute approximate surface area is 179 Å². The van der Waals surface area contributed by atoms with E-state index in [1.807, 2.05) is 16.7 Å². The normalized spacial score (nSPS) is 14.4. The first-order valence-corrected chi connectivity index (χ1v) is 10.5. The van der Waals surface area contributed by atoms with E-state index in [9.17, 15) is 0 Å². The molecule has 0 aromatic carbocycles. The first kappa shape index (κ1) is 21.5. The highest BCUT2D eigenvalue weighted by atomic mass is 35.5. The van der Waals surface area contributed by atoms with Crippen molar-refractivity contribution in [3.8, 4) is 11.4 Å². The SMILES string of the molecule is COC[C@H](C)n1c(NS[C@@H](C)C(C)c2ncc(Cl)cn2)nnc1-c1cccnc1. The standard InChI is InChI=1S/C19H24ClN7OS/c1-12(11-28-4)27-18(15-6-5-7-21-8-15)24-25-19(27)26-29-14(3)13(2)17-22-9-16(20)10-23-17/h5-10,12-14H,11H2,1-4H3,(H,25,26)/t12-,13?,14-/m0/s1. The third-order valence-corrected chi connectivity index (χ3v) is 5.83. The zero-order chi connectivity index (χ0) is 20.8. The maximum absolute atomic E-state index is 5.89. The molecule has 3 atom stereocenters. The van der Waals surface area contributed by atoms with Gasteiger partial charge in [0.2, 0.25) is 5.95 Å². The molecule has 0 spiro atoms. The van der Waals surface area contributed by atoms with Gasteiger partial charge in [-0.3, -0.25) is 14.3 Å². The molecule has 3 heterocycles. The zero-order valence-electron chi connectivity index (χ0n) is 16.8. The van der Waals surface area contributed by atoms with Crippen LogP contribution in [0.1, 0.15) is 38.6 Å². The van der Waals surface area contributed by atoms with Gasteiger partial charge in [0.25, 0.3) is 0 Å². The number of ether oxygens (including phenoxy) is 1. The molecule has 3 rings (SSSR count). The van der Waals surface area contributed by atoms with Crippen molar-refractivity contribution >= 4 is 29.5 Å². The van der Waals surface area contributed by atoms with Gasteiger partial charge in [0.1, 0.15) is 5.82 Å². The summed E-state index contributed by atoms with van der Waals surface area (Å²) in [5, 5.41) is 9.45. The highest BCUT2D eigenvalue weighted by molar-refractivity contribution is 8.01. The topological polar surface area (TPSA) is 90.6 Å². The van der Waals surface area contributed by atoms with Crippen LogP contribution in [0, 0.1) is 0 Å². The van der Waals surface area contributed by atoms with Crippen molar-refractivity contribution < 1.29 is 4.74 Å². The van der Waals surface area contributed by atoms with E-state index in [2.05, 4.69) is 50.6 Å². The molecule has 0 saturated heterocycles. The average Bonchev–Trinajstić information content (AvgIpc) is 3.17. The molecule has 0 amide bonds. The van der Waals surface area contributed by atoms with Crippen LogP contribution in [0.4, 0.5) is 5.95 Å². The summed E-state index contributed by atoms with van der Waals surface area (Å²) < 4.78 is 10.7. The van der Waals surface area contributed by atoms with Crippen molar-refractivity contribution in [2.24, 2.45) is 0 Å². The molecule has 0 fully saturated rings. The van der Waals surface area contributed by atoms with Crippen molar-refractivity contribution in [3.63, 3.8) is 0 Å². The molecule has 29 heavy (non-hydrogen) atoms. The predicted molar refractivity (Wildman–Crippen MR) is 116 cm³/mol. The summed E-state index contributed by atoms with van der Waals surface area (Å²) in [5.41, 5.74) is 0.900. The zero-order valence-corrected chi connectivity index (χ0v) is 18.4. The van der Waals surface area contributed by atoms with E-state index in [1.165, 1.54) is 0 Å². The number of halogens is 1. The van der Waals surface area contributed by atoms with Crippen LogP contribution in [0.2, 0.25) is 5.02 Å². The van der Waals surface area contributed by atoms with E-state index in [0.717, 1.165) is 17.2 Å². The van der Waals surface area contributed by atoms with Crippen molar-refractivity contribution in [3.05, 3.63) is 47.8 Å². The molecule has 3 aromatic heterocycles. The molecule has 0 aliphatic carbocycles. The molecule has 1 N–H and O–H groups in total. The van der Waals surface area contributed by atoms with E-state index in [4.69, 9.17) is 16.3 Å². The molecule has 154 valence electrons. The van der Waals surface area contributed by atoms with Gasteiger partial charge in [-0.15, -0.1) is 10.2 Å². The first-order valence-electron chi connectivity index (χ1n) is 9.24. The third-order valence-electron chi connectivity index (χ3n) is 4.55. The predicted octanol–water partition coefficient (Wildman–Crippen LogP) is 4.24. The number of nitrogens with one attached hydrogen (secondary N) is 1. The smallest absolute Gasteiger partial charge is 0.235 e. The van der Waals surface area contributed by atoms with E-state index >= 15 is 0 Å². The summed E-state index contributed by atoms with van der Waals surface area (Å²) in [6, 6.07) is 3.89. The minimum absolute atomic E-state index is 0.0423. The molecular weight excluding hydrogens is 410 g/mol. The monoisotopic (exact) mass is 433 g/mol. The third kappa shape index (κ3) is 5.23. The van der Waals surface area contributed by atoms with Crippen LogP contribution in [0.5, 0.6) is 0 Å². The molecule has 1 unspecified atom stereocenters. The van der Waals surface area contributed by atoms with Crippen LogP contribution in [0.3, 0.4) is 0 Å². The van der Waals surface area contributed by atoms with Crippen LogP contribution < -0.4 is 4.72 Å². The number of rotatable bonds is 9. The number of anilines is 1. The van der Waals surface area contributed by atoms with Crippen LogP contribution >= 0.6 is 23.5 Å². The number of nitrogens with zero attached hydrogens (tertiary/aromatic N) is 6. The van der Waals surface area contributed by atoms with Gasteiger partial charge in [-0.2, -0.15) is 0 Å². The maximum Gasteiger partial charge on any atom is 0.235 e. The molecule has 3 aromatic rings. The van der Waals surface area contributed by atoms with Crippen LogP contribution in [0.25, 0.3) is 11.4 Å². The van der Waals surface area contributed by atoms with Gasteiger partial charge in [-0.05, 0) is 31.0 Å². The number of pyridine rings is 1. The second-order valence-corrected chi connectivity index (χ2v) is 8.36. The van der Waals surface area contributed by atoms with Gasteiger partial charge in [-0.25, -0.2) is 9.97 Å². The first-order chi connectivity index (χ1) is 14.0. The van der Waals surface area contributed by atoms with E-state index < -0.39 is 0 Å². The molecule has 0 bridgehead atoms. The lowest BCUT2D eigenvalue weighted by Gasteiger charge is -2.21. The van der Waals surface area contributed by atoms with Gasteiger partial charge in [0.05, 0.1) is 17.7 Å². The number of aromatic nitrogens is 6. The summed E-state index contributed by atoms with van der Waals surface area (Å²) in [4.78, 5) is 12.8. The molecule has 0 radical (unpaired) electrons. The summed E-state index contributed by atoms with van der Waals surface area (Å²) in [6.07, 6.45) is 6.75. The van der Waals surface area contributed by atoms with Crippen molar-refractivity contribution in [2.45, 2.75) is 38.0 Å². The molecule has 0 aliphatic heterocycles. The Balaban J connectivity index is 1.77. The van der Waals surface area contributed by atoms with Crippen molar-refractivity contribution in [1.82, 2.24) is 29.7 Å². The minimum atomic E-state index is 0.0423. The second kappa shape index (κ2) is 10.00. The number of methoxy groups -OCH3 is 1. The molecule has 0 aliphatic rings. The second-order valence-electron chi connectivity index (χ2n) is 6.74.